The van der Waals surface area contributed by atoms with E-state index in [0.717, 1.165) is 18.8 Å². The molecule has 1 saturated carbocycles. The minimum atomic E-state index is -0.232. The number of ether oxygens (including phenoxy) is 1. The zero-order chi connectivity index (χ0) is 14.5. The van der Waals surface area contributed by atoms with Crippen LogP contribution in [0.5, 0.6) is 0 Å². The van der Waals surface area contributed by atoms with Crippen LogP contribution < -0.4 is 5.32 Å². The summed E-state index contributed by atoms with van der Waals surface area (Å²) in [6, 6.07) is 0.291. The van der Waals surface area contributed by atoms with E-state index in [0.29, 0.717) is 18.6 Å². The number of nitrogens with one attached hydrogen (secondary N) is 1. The van der Waals surface area contributed by atoms with Gasteiger partial charge < -0.3 is 10.1 Å². The summed E-state index contributed by atoms with van der Waals surface area (Å²) < 4.78 is 5.00. The number of carbonyl (C=O) groups excluding carboxylic acids is 2. The van der Waals surface area contributed by atoms with E-state index < -0.39 is 0 Å². The van der Waals surface area contributed by atoms with Crippen molar-refractivity contribution in [3.05, 3.63) is 0 Å². The lowest BCUT2D eigenvalue weighted by Crippen LogP contribution is -2.34. The highest BCUT2D eigenvalue weighted by molar-refractivity contribution is 5.86. The molecule has 1 aliphatic heterocycles. The van der Waals surface area contributed by atoms with Crippen LogP contribution in [-0.4, -0.2) is 24.5 Å². The van der Waals surface area contributed by atoms with Gasteiger partial charge in [0, 0.05) is 6.04 Å². The van der Waals surface area contributed by atoms with E-state index in [1.54, 1.807) is 6.92 Å². The summed E-state index contributed by atoms with van der Waals surface area (Å²) in [6.07, 6.45) is 7.40. The van der Waals surface area contributed by atoms with E-state index in [1.165, 1.54) is 25.7 Å². The molecule has 4 unspecified atom stereocenters. The summed E-state index contributed by atoms with van der Waals surface area (Å²) in [5.74, 6) is 0.729. The number of fused-ring (bicyclic) bond motifs is 1. The molecule has 1 aliphatic carbocycles. The second kappa shape index (κ2) is 7.09. The highest BCUT2D eigenvalue weighted by atomic mass is 16.5. The summed E-state index contributed by atoms with van der Waals surface area (Å²) in [7, 11) is 0. The molecule has 2 rings (SSSR count). The summed E-state index contributed by atoms with van der Waals surface area (Å²) >= 11 is 0. The van der Waals surface area contributed by atoms with Gasteiger partial charge >= 0.3 is 5.97 Å². The zero-order valence-corrected chi connectivity index (χ0v) is 12.7. The lowest BCUT2D eigenvalue weighted by atomic mass is 9.72. The molecule has 0 bridgehead atoms. The summed E-state index contributed by atoms with van der Waals surface area (Å²) in [5.41, 5.74) is 0. The van der Waals surface area contributed by atoms with Gasteiger partial charge in [-0.15, -0.1) is 0 Å². The van der Waals surface area contributed by atoms with Gasteiger partial charge in [0.25, 0.3) is 0 Å². The number of hydrogen-bond donors (Lipinski definition) is 1. The van der Waals surface area contributed by atoms with Crippen molar-refractivity contribution in [3.8, 4) is 0 Å². The second-order valence-electron chi connectivity index (χ2n) is 6.22. The normalized spacial score (nSPS) is 32.6. The molecule has 0 aromatic heterocycles. The lowest BCUT2D eigenvalue weighted by molar-refractivity contribution is -0.146. The minimum absolute atomic E-state index is 0.0594. The Morgan fingerprint density at radius 3 is 2.85 bits per heavy atom. The van der Waals surface area contributed by atoms with Crippen molar-refractivity contribution >= 4 is 11.9 Å². The smallest absolute Gasteiger partial charge is 0.306 e. The third-order valence-electron chi connectivity index (χ3n) is 4.85. The molecule has 4 heteroatoms. The van der Waals surface area contributed by atoms with Gasteiger partial charge in [0.2, 0.25) is 5.91 Å². The molecule has 4 atom stereocenters. The average molecular weight is 281 g/mol. The Morgan fingerprint density at radius 2 is 2.15 bits per heavy atom. The Morgan fingerprint density at radius 1 is 1.35 bits per heavy atom. The van der Waals surface area contributed by atoms with Crippen LogP contribution in [0.2, 0.25) is 0 Å². The standard InChI is InChI=1S/C16H27NO3/c1-3-5-6-11-7-8-14-12(9-11)13(16(19)17-14)10-15(18)20-4-2/h11-14H,3-10H2,1-2H3,(H,17,19). The number of amides is 1. The van der Waals surface area contributed by atoms with Crippen molar-refractivity contribution in [2.45, 2.75) is 64.8 Å². The molecule has 1 N–H and O–H groups in total. The predicted octanol–water partition coefficient (Wildman–Crippen LogP) is 2.66. The Hall–Kier alpha value is -1.06. The number of hydrogen-bond acceptors (Lipinski definition) is 3. The number of esters is 1. The van der Waals surface area contributed by atoms with E-state index in [2.05, 4.69) is 12.2 Å². The van der Waals surface area contributed by atoms with Crippen molar-refractivity contribution in [1.82, 2.24) is 5.32 Å². The zero-order valence-electron chi connectivity index (χ0n) is 12.7. The third-order valence-corrected chi connectivity index (χ3v) is 4.85. The Kier molecular flexibility index (Phi) is 5.44. The van der Waals surface area contributed by atoms with Gasteiger partial charge in [0.15, 0.2) is 0 Å². The van der Waals surface area contributed by atoms with Crippen molar-refractivity contribution in [2.24, 2.45) is 17.8 Å². The molecular weight excluding hydrogens is 254 g/mol. The maximum Gasteiger partial charge on any atom is 0.306 e. The average Bonchev–Trinajstić information content (AvgIpc) is 2.73. The van der Waals surface area contributed by atoms with Gasteiger partial charge in [-0.2, -0.15) is 0 Å². The molecule has 0 aromatic carbocycles. The van der Waals surface area contributed by atoms with E-state index in [1.807, 2.05) is 0 Å². The molecule has 1 heterocycles. The highest BCUT2D eigenvalue weighted by Gasteiger charge is 2.45. The highest BCUT2D eigenvalue weighted by Crippen LogP contribution is 2.41. The monoisotopic (exact) mass is 281 g/mol. The Balaban J connectivity index is 1.94. The van der Waals surface area contributed by atoms with E-state index in [4.69, 9.17) is 4.74 Å². The van der Waals surface area contributed by atoms with Crippen molar-refractivity contribution in [3.63, 3.8) is 0 Å². The fourth-order valence-corrected chi connectivity index (χ4v) is 3.80. The first-order valence-corrected chi connectivity index (χ1v) is 8.11. The molecule has 1 saturated heterocycles. The Labute approximate surface area is 121 Å². The number of unbranched alkanes of at least 4 members (excludes halogenated alkanes) is 1. The lowest BCUT2D eigenvalue weighted by Gasteiger charge is -2.33. The number of rotatable bonds is 6. The van der Waals surface area contributed by atoms with Gasteiger partial charge in [-0.1, -0.05) is 26.2 Å². The SMILES string of the molecule is CCCCC1CCC2NC(=O)C(CC(=O)OCC)C2C1. The summed E-state index contributed by atoms with van der Waals surface area (Å²) in [5, 5.41) is 3.08. The molecule has 114 valence electrons. The first kappa shape index (κ1) is 15.3. The fraction of sp³-hybridized carbons (Fsp3) is 0.875. The van der Waals surface area contributed by atoms with Crippen LogP contribution >= 0.6 is 0 Å². The fourth-order valence-electron chi connectivity index (χ4n) is 3.80. The molecular formula is C16H27NO3. The third kappa shape index (κ3) is 3.53. The van der Waals surface area contributed by atoms with E-state index >= 15 is 0 Å². The van der Waals surface area contributed by atoms with Crippen LogP contribution in [0.1, 0.15) is 58.8 Å². The van der Waals surface area contributed by atoms with Crippen LogP contribution in [-0.2, 0) is 14.3 Å². The maximum atomic E-state index is 12.1. The van der Waals surface area contributed by atoms with Crippen LogP contribution in [0.25, 0.3) is 0 Å². The minimum Gasteiger partial charge on any atom is -0.466 e. The first-order chi connectivity index (χ1) is 9.65. The van der Waals surface area contributed by atoms with E-state index in [9.17, 15) is 9.59 Å². The topological polar surface area (TPSA) is 55.4 Å². The van der Waals surface area contributed by atoms with Gasteiger partial charge in [-0.3, -0.25) is 9.59 Å². The van der Waals surface area contributed by atoms with Crippen LogP contribution in [0.15, 0.2) is 0 Å². The van der Waals surface area contributed by atoms with Gasteiger partial charge in [0.1, 0.15) is 0 Å². The van der Waals surface area contributed by atoms with Crippen LogP contribution in [0.3, 0.4) is 0 Å². The van der Waals surface area contributed by atoms with Crippen molar-refractivity contribution < 1.29 is 14.3 Å². The first-order valence-electron chi connectivity index (χ1n) is 8.11. The van der Waals surface area contributed by atoms with Crippen LogP contribution in [0, 0.1) is 17.8 Å². The molecule has 0 aromatic rings. The molecule has 2 aliphatic rings. The quantitative estimate of drug-likeness (QED) is 0.762. The molecule has 0 radical (unpaired) electrons. The molecule has 1 amide bonds. The molecule has 20 heavy (non-hydrogen) atoms. The Bertz CT molecular complexity index is 356. The summed E-state index contributed by atoms with van der Waals surface area (Å²) in [6.45, 7) is 4.41. The second-order valence-corrected chi connectivity index (χ2v) is 6.22. The molecule has 2 fully saturated rings. The van der Waals surface area contributed by atoms with Crippen molar-refractivity contribution in [2.75, 3.05) is 6.61 Å². The predicted molar refractivity (Wildman–Crippen MR) is 77.0 cm³/mol. The maximum absolute atomic E-state index is 12.1. The molecule has 4 nitrogen and oxygen atoms in total. The van der Waals surface area contributed by atoms with Crippen LogP contribution in [0.4, 0.5) is 0 Å². The van der Waals surface area contributed by atoms with Gasteiger partial charge in [0.05, 0.1) is 18.9 Å². The number of carbonyl (C=O) groups is 2. The van der Waals surface area contributed by atoms with Crippen molar-refractivity contribution in [1.29, 1.82) is 0 Å². The van der Waals surface area contributed by atoms with Gasteiger partial charge in [-0.05, 0) is 38.0 Å². The van der Waals surface area contributed by atoms with Gasteiger partial charge in [-0.25, -0.2) is 0 Å². The summed E-state index contributed by atoms with van der Waals surface area (Å²) in [4.78, 5) is 23.8. The largest absolute Gasteiger partial charge is 0.466 e. The molecule has 0 spiro atoms. The van der Waals surface area contributed by atoms with E-state index in [-0.39, 0.29) is 24.2 Å².